The molecule has 0 heterocycles. The first-order valence-electron chi connectivity index (χ1n) is 5.43. The van der Waals surface area contributed by atoms with E-state index in [1.807, 2.05) is 18.9 Å². The minimum Gasteiger partial charge on any atom is -0.406 e. The van der Waals surface area contributed by atoms with Gasteiger partial charge in [0.15, 0.2) is 0 Å². The monoisotopic (exact) mass is 281 g/mol. The van der Waals surface area contributed by atoms with Crippen LogP contribution in [0.5, 0.6) is 5.75 Å². The maximum Gasteiger partial charge on any atom is 0.573 e. The van der Waals surface area contributed by atoms with Gasteiger partial charge < -0.3 is 9.64 Å². The van der Waals surface area contributed by atoms with Crippen molar-refractivity contribution in [2.75, 3.05) is 13.6 Å². The SMILES string of the molecule is CC(Cl)CN(C)Cc1ccc(OC(F)(F)F)cc1. The predicted octanol–water partition coefficient (Wildman–Crippen LogP) is 3.64. The Labute approximate surface area is 109 Å². The molecule has 0 aromatic heterocycles. The summed E-state index contributed by atoms with van der Waals surface area (Å²) in [6, 6.07) is 5.83. The van der Waals surface area contributed by atoms with E-state index in [1.165, 1.54) is 12.1 Å². The van der Waals surface area contributed by atoms with Crippen molar-refractivity contribution >= 4 is 11.6 Å². The average molecular weight is 282 g/mol. The number of rotatable bonds is 5. The Morgan fingerprint density at radius 1 is 1.28 bits per heavy atom. The molecule has 1 unspecified atom stereocenters. The average Bonchev–Trinajstić information content (AvgIpc) is 2.17. The predicted molar refractivity (Wildman–Crippen MR) is 64.8 cm³/mol. The molecule has 1 aromatic rings. The number of ether oxygens (including phenoxy) is 1. The normalized spacial score (nSPS) is 13.7. The zero-order chi connectivity index (χ0) is 13.8. The van der Waals surface area contributed by atoms with Gasteiger partial charge in [-0.3, -0.25) is 0 Å². The van der Waals surface area contributed by atoms with Crippen molar-refractivity contribution in [3.63, 3.8) is 0 Å². The minimum atomic E-state index is -4.65. The summed E-state index contributed by atoms with van der Waals surface area (Å²) in [5.41, 5.74) is 0.907. The van der Waals surface area contributed by atoms with Crippen LogP contribution in [0.1, 0.15) is 12.5 Å². The van der Waals surface area contributed by atoms with Gasteiger partial charge in [0.1, 0.15) is 5.75 Å². The molecule has 1 aromatic carbocycles. The molecule has 0 saturated heterocycles. The summed E-state index contributed by atoms with van der Waals surface area (Å²) in [6.45, 7) is 3.23. The van der Waals surface area contributed by atoms with Crippen LogP contribution in [0.15, 0.2) is 24.3 Å². The van der Waals surface area contributed by atoms with Gasteiger partial charge in [0.05, 0.1) is 0 Å². The summed E-state index contributed by atoms with van der Waals surface area (Å²) in [5, 5.41) is 0.0304. The highest BCUT2D eigenvalue weighted by atomic mass is 35.5. The Hall–Kier alpha value is -0.940. The summed E-state index contributed by atoms with van der Waals surface area (Å²) in [5.74, 6) is -0.209. The van der Waals surface area contributed by atoms with E-state index >= 15 is 0 Å². The smallest absolute Gasteiger partial charge is 0.406 e. The number of hydrogen-bond donors (Lipinski definition) is 0. The Kier molecular flexibility index (Phi) is 5.28. The zero-order valence-electron chi connectivity index (χ0n) is 10.2. The second kappa shape index (κ2) is 6.29. The van der Waals surface area contributed by atoms with Crippen molar-refractivity contribution in [3.8, 4) is 5.75 Å². The van der Waals surface area contributed by atoms with Crippen LogP contribution in [0.2, 0.25) is 0 Å². The van der Waals surface area contributed by atoms with E-state index in [0.29, 0.717) is 13.1 Å². The molecular weight excluding hydrogens is 267 g/mol. The van der Waals surface area contributed by atoms with Gasteiger partial charge in [-0.15, -0.1) is 24.8 Å². The van der Waals surface area contributed by atoms with Crippen molar-refractivity contribution in [2.45, 2.75) is 25.2 Å². The lowest BCUT2D eigenvalue weighted by atomic mass is 10.2. The van der Waals surface area contributed by atoms with Gasteiger partial charge in [-0.2, -0.15) is 0 Å². The quantitative estimate of drug-likeness (QED) is 0.764. The van der Waals surface area contributed by atoms with Crippen molar-refractivity contribution in [2.24, 2.45) is 0 Å². The molecule has 0 N–H and O–H groups in total. The molecule has 1 atom stereocenters. The molecule has 0 amide bonds. The third-order valence-corrected chi connectivity index (χ3v) is 2.31. The lowest BCUT2D eigenvalue weighted by Gasteiger charge is -2.18. The van der Waals surface area contributed by atoms with Crippen LogP contribution in [0.4, 0.5) is 13.2 Å². The summed E-state index contributed by atoms with van der Waals surface area (Å²) in [7, 11) is 1.90. The maximum atomic E-state index is 12.0. The van der Waals surface area contributed by atoms with Crippen molar-refractivity contribution in [1.82, 2.24) is 4.90 Å². The number of benzene rings is 1. The third-order valence-electron chi connectivity index (χ3n) is 2.17. The molecule has 0 bridgehead atoms. The molecule has 0 aliphatic carbocycles. The van der Waals surface area contributed by atoms with Crippen molar-refractivity contribution < 1.29 is 17.9 Å². The first-order valence-corrected chi connectivity index (χ1v) is 5.87. The second-order valence-corrected chi connectivity index (χ2v) is 4.91. The molecule has 0 aliphatic heterocycles. The Morgan fingerprint density at radius 3 is 2.28 bits per heavy atom. The van der Waals surface area contributed by atoms with E-state index in [0.717, 1.165) is 5.56 Å². The lowest BCUT2D eigenvalue weighted by molar-refractivity contribution is -0.274. The first kappa shape index (κ1) is 15.1. The van der Waals surface area contributed by atoms with Crippen LogP contribution < -0.4 is 4.74 Å². The van der Waals surface area contributed by atoms with Gasteiger partial charge in [-0.05, 0) is 31.7 Å². The molecule has 18 heavy (non-hydrogen) atoms. The highest BCUT2D eigenvalue weighted by Gasteiger charge is 2.30. The molecule has 0 fully saturated rings. The van der Waals surface area contributed by atoms with Gasteiger partial charge in [0, 0.05) is 18.5 Å². The van der Waals surface area contributed by atoms with Gasteiger partial charge in [0.2, 0.25) is 0 Å². The van der Waals surface area contributed by atoms with Gasteiger partial charge in [0.25, 0.3) is 0 Å². The zero-order valence-corrected chi connectivity index (χ0v) is 10.9. The van der Waals surface area contributed by atoms with Crippen LogP contribution in [-0.4, -0.2) is 30.2 Å². The van der Waals surface area contributed by atoms with E-state index in [2.05, 4.69) is 4.74 Å². The molecule has 0 aliphatic rings. The molecule has 102 valence electrons. The summed E-state index contributed by atoms with van der Waals surface area (Å²) >= 11 is 5.85. The molecule has 0 saturated carbocycles. The van der Waals surface area contributed by atoms with E-state index in [4.69, 9.17) is 11.6 Å². The highest BCUT2D eigenvalue weighted by Crippen LogP contribution is 2.22. The van der Waals surface area contributed by atoms with E-state index in [9.17, 15) is 13.2 Å². The summed E-state index contributed by atoms with van der Waals surface area (Å²) < 4.78 is 39.6. The van der Waals surface area contributed by atoms with Crippen molar-refractivity contribution in [3.05, 3.63) is 29.8 Å². The lowest BCUT2D eigenvalue weighted by Crippen LogP contribution is -2.24. The molecular formula is C12H15ClF3NO. The molecule has 2 nitrogen and oxygen atoms in total. The standard InChI is InChI=1S/C12H15ClF3NO/c1-9(13)7-17(2)8-10-3-5-11(6-4-10)18-12(14,15)16/h3-6,9H,7-8H2,1-2H3. The molecule has 1 rings (SSSR count). The van der Waals surface area contributed by atoms with Crippen LogP contribution in [0.3, 0.4) is 0 Å². The Bertz CT molecular complexity index is 365. The van der Waals surface area contributed by atoms with Crippen LogP contribution >= 0.6 is 11.6 Å². The number of alkyl halides is 4. The van der Waals surface area contributed by atoms with E-state index < -0.39 is 6.36 Å². The Morgan fingerprint density at radius 2 is 1.83 bits per heavy atom. The summed E-state index contributed by atoms with van der Waals surface area (Å²) in [4.78, 5) is 2.00. The fourth-order valence-electron chi connectivity index (χ4n) is 1.60. The Balaban J connectivity index is 2.55. The fourth-order valence-corrected chi connectivity index (χ4v) is 1.84. The van der Waals surface area contributed by atoms with Gasteiger partial charge >= 0.3 is 6.36 Å². The number of halogens is 4. The number of hydrogen-bond acceptors (Lipinski definition) is 2. The topological polar surface area (TPSA) is 12.5 Å². The van der Waals surface area contributed by atoms with Gasteiger partial charge in [-0.25, -0.2) is 0 Å². The minimum absolute atomic E-state index is 0.0304. The van der Waals surface area contributed by atoms with Crippen LogP contribution in [0, 0.1) is 0 Å². The van der Waals surface area contributed by atoms with Crippen molar-refractivity contribution in [1.29, 1.82) is 0 Å². The van der Waals surface area contributed by atoms with Crippen LogP contribution in [-0.2, 0) is 6.54 Å². The highest BCUT2D eigenvalue weighted by molar-refractivity contribution is 6.20. The molecule has 0 radical (unpaired) electrons. The molecule has 6 heteroatoms. The third kappa shape index (κ3) is 6.12. The van der Waals surface area contributed by atoms with Gasteiger partial charge in [-0.1, -0.05) is 12.1 Å². The largest absolute Gasteiger partial charge is 0.573 e. The number of nitrogens with zero attached hydrogens (tertiary/aromatic N) is 1. The second-order valence-electron chi connectivity index (χ2n) is 4.17. The molecule has 0 spiro atoms. The maximum absolute atomic E-state index is 12.0. The van der Waals surface area contributed by atoms with Crippen LogP contribution in [0.25, 0.3) is 0 Å². The van der Waals surface area contributed by atoms with E-state index in [-0.39, 0.29) is 11.1 Å². The summed E-state index contributed by atoms with van der Waals surface area (Å²) in [6.07, 6.45) is -4.65. The van der Waals surface area contributed by atoms with E-state index in [1.54, 1.807) is 12.1 Å². The first-order chi connectivity index (χ1) is 8.26. The fraction of sp³-hybridized carbons (Fsp3) is 0.500.